The topological polar surface area (TPSA) is 101 Å². The predicted molar refractivity (Wildman–Crippen MR) is 112 cm³/mol. The van der Waals surface area contributed by atoms with Crippen LogP contribution in [0.15, 0.2) is 36.5 Å². The van der Waals surface area contributed by atoms with Gasteiger partial charge in [0.1, 0.15) is 23.0 Å². The number of carbonyl (C=O) groups is 2. The summed E-state index contributed by atoms with van der Waals surface area (Å²) in [5.41, 5.74) is 6.41. The number of hydrogen-bond acceptors (Lipinski definition) is 4. The minimum Gasteiger partial charge on any atom is -0.378 e. The van der Waals surface area contributed by atoms with Crippen LogP contribution in [0.3, 0.4) is 0 Å². The number of hydrogen-bond donors (Lipinski definition) is 2. The molecule has 3 heterocycles. The van der Waals surface area contributed by atoms with Crippen LogP contribution in [-0.4, -0.2) is 53.0 Å². The number of aryl methyl sites for hydroxylation is 1. The molecule has 31 heavy (non-hydrogen) atoms. The maximum absolute atomic E-state index is 13.4. The van der Waals surface area contributed by atoms with E-state index in [1.165, 1.54) is 18.3 Å². The molecule has 3 N–H and O–H groups in total. The maximum atomic E-state index is 13.4. The van der Waals surface area contributed by atoms with Gasteiger partial charge >= 0.3 is 0 Å². The Kier molecular flexibility index (Phi) is 7.54. The van der Waals surface area contributed by atoms with Crippen LogP contribution in [0.4, 0.5) is 8.78 Å². The van der Waals surface area contributed by atoms with Gasteiger partial charge in [0.25, 0.3) is 5.91 Å². The number of fused-ring (bicyclic) bond motifs is 1. The van der Waals surface area contributed by atoms with Crippen LogP contribution in [0.2, 0.25) is 5.02 Å². The average molecular weight is 451 g/mol. The van der Waals surface area contributed by atoms with Crippen LogP contribution >= 0.6 is 11.6 Å². The number of morpholine rings is 1. The Labute approximate surface area is 182 Å². The molecule has 10 heteroatoms. The highest BCUT2D eigenvalue weighted by Gasteiger charge is 2.17. The molecule has 0 radical (unpaired) electrons. The van der Waals surface area contributed by atoms with E-state index in [1.807, 2.05) is 0 Å². The maximum Gasteiger partial charge on any atom is 0.265 e. The van der Waals surface area contributed by atoms with Crippen LogP contribution in [0, 0.1) is 11.6 Å². The summed E-state index contributed by atoms with van der Waals surface area (Å²) in [4.78, 5) is 31.1. The Hall–Kier alpha value is -3.04. The Bertz CT molecular complexity index is 1080. The molecule has 0 unspecified atom stereocenters. The van der Waals surface area contributed by atoms with Gasteiger partial charge in [0.05, 0.1) is 18.2 Å². The summed E-state index contributed by atoms with van der Waals surface area (Å²) in [6.07, 6.45) is 2.04. The second kappa shape index (κ2) is 10.3. The molecule has 0 aliphatic carbocycles. The Balaban J connectivity index is 0.000000185. The van der Waals surface area contributed by atoms with Crippen molar-refractivity contribution in [3.8, 4) is 0 Å². The molecule has 1 aliphatic rings. The van der Waals surface area contributed by atoms with Crippen molar-refractivity contribution in [3.05, 3.63) is 64.4 Å². The molecule has 0 saturated carbocycles. The van der Waals surface area contributed by atoms with Crippen molar-refractivity contribution in [1.82, 2.24) is 14.9 Å². The number of ether oxygens (including phenoxy) is 1. The van der Waals surface area contributed by atoms with Crippen molar-refractivity contribution in [3.63, 3.8) is 0 Å². The summed E-state index contributed by atoms with van der Waals surface area (Å²) >= 11 is 5.71. The lowest BCUT2D eigenvalue weighted by Crippen LogP contribution is -2.40. The van der Waals surface area contributed by atoms with E-state index < -0.39 is 17.5 Å². The summed E-state index contributed by atoms with van der Waals surface area (Å²) in [5, 5.41) is 1.31. The molecule has 1 aromatic carbocycles. The van der Waals surface area contributed by atoms with Crippen molar-refractivity contribution in [1.29, 1.82) is 0 Å². The van der Waals surface area contributed by atoms with E-state index in [0.29, 0.717) is 54.7 Å². The molecule has 0 spiro atoms. The van der Waals surface area contributed by atoms with Crippen molar-refractivity contribution in [2.45, 2.75) is 12.8 Å². The van der Waals surface area contributed by atoms with Crippen molar-refractivity contribution < 1.29 is 23.1 Å². The van der Waals surface area contributed by atoms with Crippen LogP contribution in [0.5, 0.6) is 0 Å². The molecular weight excluding hydrogens is 430 g/mol. The fourth-order valence-electron chi connectivity index (χ4n) is 3.06. The van der Waals surface area contributed by atoms with Gasteiger partial charge in [-0.1, -0.05) is 17.7 Å². The van der Waals surface area contributed by atoms with Gasteiger partial charge in [-0.2, -0.15) is 0 Å². The number of aromatic nitrogens is 2. The standard InChI is InChI=1S/C13H15F2NO2.C8H6ClN3O/c14-11-3-1-10(12(15)9-11)2-4-13(17)16-5-7-18-8-6-16;9-5-1-4-2-6(7(10)13)12-8(4)11-3-5/h1,3,9H,2,4-8H2;1-3H,(H2,10,13)(H,11,12). The third-order valence-electron chi connectivity index (χ3n) is 4.69. The van der Waals surface area contributed by atoms with E-state index >= 15 is 0 Å². The molecule has 1 saturated heterocycles. The first kappa shape index (κ1) is 22.6. The van der Waals surface area contributed by atoms with E-state index in [1.54, 1.807) is 17.0 Å². The van der Waals surface area contributed by atoms with Crippen LogP contribution in [0.1, 0.15) is 22.5 Å². The molecule has 1 fully saturated rings. The van der Waals surface area contributed by atoms with Crippen LogP contribution in [0.25, 0.3) is 11.0 Å². The minimum absolute atomic E-state index is 0.0120. The summed E-state index contributed by atoms with van der Waals surface area (Å²) in [6, 6.07) is 6.77. The largest absolute Gasteiger partial charge is 0.378 e. The lowest BCUT2D eigenvalue weighted by Gasteiger charge is -2.26. The van der Waals surface area contributed by atoms with Gasteiger partial charge in [-0.25, -0.2) is 13.8 Å². The van der Waals surface area contributed by atoms with E-state index in [9.17, 15) is 18.4 Å². The summed E-state index contributed by atoms with van der Waals surface area (Å²) in [5.74, 6) is -1.71. The first-order chi connectivity index (χ1) is 14.8. The molecule has 3 aromatic rings. The Morgan fingerprint density at radius 3 is 2.61 bits per heavy atom. The van der Waals surface area contributed by atoms with E-state index in [-0.39, 0.29) is 12.3 Å². The molecule has 0 atom stereocenters. The van der Waals surface area contributed by atoms with Crippen LogP contribution < -0.4 is 5.73 Å². The molecule has 2 amide bonds. The number of amides is 2. The van der Waals surface area contributed by atoms with E-state index in [2.05, 4.69) is 9.97 Å². The highest BCUT2D eigenvalue weighted by Crippen LogP contribution is 2.17. The number of pyridine rings is 1. The quantitative estimate of drug-likeness (QED) is 0.637. The molecule has 1 aliphatic heterocycles. The zero-order valence-electron chi connectivity index (χ0n) is 16.5. The summed E-state index contributed by atoms with van der Waals surface area (Å²) < 4.78 is 31.2. The number of nitrogens with one attached hydrogen (secondary N) is 1. The second-order valence-electron chi connectivity index (χ2n) is 6.87. The van der Waals surface area contributed by atoms with Gasteiger partial charge in [0.2, 0.25) is 5.91 Å². The smallest absolute Gasteiger partial charge is 0.265 e. The predicted octanol–water partition coefficient (Wildman–Crippen LogP) is 3.07. The third-order valence-corrected chi connectivity index (χ3v) is 4.90. The molecule has 2 aromatic heterocycles. The van der Waals surface area contributed by atoms with E-state index in [4.69, 9.17) is 22.1 Å². The number of nitrogens with two attached hydrogens (primary N) is 1. The first-order valence-corrected chi connectivity index (χ1v) is 9.95. The molecular formula is C21H21ClF2N4O3. The number of primary amides is 1. The van der Waals surface area contributed by atoms with Crippen molar-refractivity contribution in [2.75, 3.05) is 26.3 Å². The number of carbonyl (C=O) groups excluding carboxylic acids is 2. The fraction of sp³-hybridized carbons (Fsp3) is 0.286. The van der Waals surface area contributed by atoms with E-state index in [0.717, 1.165) is 11.5 Å². The SMILES string of the molecule is NC(=O)c1cc2cc(Cl)cnc2[nH]1.O=C(CCc1ccc(F)cc1F)N1CCOCC1. The number of rotatable bonds is 4. The molecule has 0 bridgehead atoms. The van der Waals surface area contributed by atoms with Gasteiger partial charge in [-0.3, -0.25) is 9.59 Å². The number of H-pyrrole nitrogens is 1. The lowest BCUT2D eigenvalue weighted by molar-refractivity contribution is -0.135. The van der Waals surface area contributed by atoms with Crippen molar-refractivity contribution in [2.24, 2.45) is 5.73 Å². The second-order valence-corrected chi connectivity index (χ2v) is 7.30. The summed E-state index contributed by atoms with van der Waals surface area (Å²) in [7, 11) is 0. The number of benzene rings is 1. The molecule has 4 rings (SSSR count). The minimum atomic E-state index is -0.601. The Morgan fingerprint density at radius 2 is 1.94 bits per heavy atom. The Morgan fingerprint density at radius 1 is 1.19 bits per heavy atom. The van der Waals surface area contributed by atoms with Gasteiger partial charge in [0, 0.05) is 37.2 Å². The van der Waals surface area contributed by atoms with Gasteiger partial charge in [-0.05, 0) is 30.2 Å². The average Bonchev–Trinajstić information content (AvgIpc) is 3.18. The highest BCUT2D eigenvalue weighted by molar-refractivity contribution is 6.31. The monoisotopic (exact) mass is 450 g/mol. The lowest BCUT2D eigenvalue weighted by atomic mass is 10.1. The first-order valence-electron chi connectivity index (χ1n) is 9.57. The van der Waals surface area contributed by atoms with Crippen LogP contribution in [-0.2, 0) is 16.0 Å². The number of halogens is 3. The summed E-state index contributed by atoms with van der Waals surface area (Å²) in [6.45, 7) is 2.28. The normalized spacial score (nSPS) is 13.6. The van der Waals surface area contributed by atoms with Gasteiger partial charge in [-0.15, -0.1) is 0 Å². The zero-order chi connectivity index (χ0) is 22.4. The highest BCUT2D eigenvalue weighted by atomic mass is 35.5. The zero-order valence-corrected chi connectivity index (χ0v) is 17.3. The fourth-order valence-corrected chi connectivity index (χ4v) is 3.22. The molecule has 164 valence electrons. The third kappa shape index (κ3) is 6.22. The number of aromatic amines is 1. The van der Waals surface area contributed by atoms with Crippen molar-refractivity contribution >= 4 is 34.4 Å². The number of nitrogens with zero attached hydrogens (tertiary/aromatic N) is 2. The molecule has 7 nitrogen and oxygen atoms in total. The van der Waals surface area contributed by atoms with Gasteiger partial charge in [0.15, 0.2) is 0 Å². The van der Waals surface area contributed by atoms with Gasteiger partial charge < -0.3 is 20.4 Å².